The van der Waals surface area contributed by atoms with Crippen LogP contribution in [0.25, 0.3) is 11.1 Å². The Morgan fingerprint density at radius 3 is 2.89 bits per heavy atom. The quantitative estimate of drug-likeness (QED) is 0.842. The van der Waals surface area contributed by atoms with Gasteiger partial charge in [-0.3, -0.25) is 9.78 Å². The number of pyridine rings is 1. The van der Waals surface area contributed by atoms with Crippen LogP contribution in [-0.4, -0.2) is 17.4 Å². The van der Waals surface area contributed by atoms with E-state index in [1.165, 1.54) is 0 Å². The fourth-order valence-corrected chi connectivity index (χ4v) is 2.44. The van der Waals surface area contributed by atoms with Gasteiger partial charge in [-0.15, -0.1) is 0 Å². The molecule has 0 saturated carbocycles. The number of Topliss-reactive ketones (excluding diaryl/α,β-unsaturated/α-hetero) is 1. The second-order valence-electron chi connectivity index (χ2n) is 4.64. The van der Waals surface area contributed by atoms with Crippen molar-refractivity contribution in [3.8, 4) is 16.9 Å². The lowest BCUT2D eigenvalue weighted by Gasteiger charge is -2.07. The zero-order chi connectivity index (χ0) is 13.2. The molecule has 0 bridgehead atoms. The number of benzene rings is 1. The first kappa shape index (κ1) is 11.9. The molecule has 0 N–H and O–H groups in total. The number of carbonyl (C=O) groups excluding carboxylic acids is 1. The molecule has 1 heterocycles. The smallest absolute Gasteiger partial charge is 0.163 e. The van der Waals surface area contributed by atoms with Crippen molar-refractivity contribution in [3.05, 3.63) is 47.8 Å². The lowest BCUT2D eigenvalue weighted by molar-refractivity contribution is 0.0994. The van der Waals surface area contributed by atoms with Crippen LogP contribution in [-0.2, 0) is 6.42 Å². The Kier molecular flexibility index (Phi) is 3.03. The van der Waals surface area contributed by atoms with Crippen molar-refractivity contribution in [2.24, 2.45) is 0 Å². The molecule has 1 aromatic heterocycles. The second kappa shape index (κ2) is 4.84. The molecule has 1 aromatic carbocycles. The number of ether oxygens (including phenoxy) is 1. The maximum absolute atomic E-state index is 11.8. The van der Waals surface area contributed by atoms with E-state index in [0.717, 1.165) is 34.4 Å². The zero-order valence-corrected chi connectivity index (χ0v) is 10.8. The van der Waals surface area contributed by atoms with Crippen molar-refractivity contribution in [1.29, 1.82) is 0 Å². The van der Waals surface area contributed by atoms with Gasteiger partial charge in [-0.1, -0.05) is 12.1 Å². The highest BCUT2D eigenvalue weighted by molar-refractivity contribution is 6.01. The molecule has 0 fully saturated rings. The van der Waals surface area contributed by atoms with Gasteiger partial charge in [-0.05, 0) is 36.6 Å². The van der Waals surface area contributed by atoms with Crippen LogP contribution in [0, 0.1) is 0 Å². The van der Waals surface area contributed by atoms with Gasteiger partial charge >= 0.3 is 0 Å². The van der Waals surface area contributed by atoms with Crippen LogP contribution in [0.1, 0.15) is 29.3 Å². The Balaban J connectivity index is 2.00. The first-order chi connectivity index (χ1) is 9.28. The Morgan fingerprint density at radius 1 is 1.16 bits per heavy atom. The van der Waals surface area contributed by atoms with E-state index in [-0.39, 0.29) is 5.78 Å². The first-order valence-electron chi connectivity index (χ1n) is 6.52. The summed E-state index contributed by atoms with van der Waals surface area (Å²) in [6, 6.07) is 8.02. The molecule has 3 nitrogen and oxygen atoms in total. The maximum Gasteiger partial charge on any atom is 0.163 e. The van der Waals surface area contributed by atoms with E-state index in [9.17, 15) is 4.79 Å². The van der Waals surface area contributed by atoms with Crippen molar-refractivity contribution in [1.82, 2.24) is 4.98 Å². The predicted molar refractivity (Wildman–Crippen MR) is 73.5 cm³/mol. The van der Waals surface area contributed by atoms with Gasteiger partial charge in [-0.25, -0.2) is 0 Å². The van der Waals surface area contributed by atoms with Gasteiger partial charge in [0.15, 0.2) is 5.78 Å². The minimum atomic E-state index is 0.241. The highest BCUT2D eigenvalue weighted by atomic mass is 16.5. The van der Waals surface area contributed by atoms with Gasteiger partial charge in [-0.2, -0.15) is 0 Å². The number of hydrogen-bond acceptors (Lipinski definition) is 3. The SMILES string of the molecule is CCOc1cncc(-c2ccc3c(c2)C(=O)CC3)c1. The summed E-state index contributed by atoms with van der Waals surface area (Å²) >= 11 is 0. The topological polar surface area (TPSA) is 39.2 Å². The third-order valence-corrected chi connectivity index (χ3v) is 3.39. The molecule has 0 radical (unpaired) electrons. The summed E-state index contributed by atoms with van der Waals surface area (Å²) in [6.07, 6.45) is 5.00. The van der Waals surface area contributed by atoms with Gasteiger partial charge in [0.05, 0.1) is 12.8 Å². The average Bonchev–Trinajstić information content (AvgIpc) is 2.81. The molecule has 3 rings (SSSR count). The Bertz CT molecular complexity index is 634. The number of ketones is 1. The second-order valence-corrected chi connectivity index (χ2v) is 4.64. The highest BCUT2D eigenvalue weighted by Gasteiger charge is 2.19. The van der Waals surface area contributed by atoms with Crippen LogP contribution in [0.3, 0.4) is 0 Å². The van der Waals surface area contributed by atoms with Crippen molar-refractivity contribution in [3.63, 3.8) is 0 Å². The standard InChI is InChI=1S/C16H15NO2/c1-2-19-14-7-13(9-17-10-14)12-4-3-11-5-6-16(18)15(11)8-12/h3-4,7-10H,2,5-6H2,1H3. The molecule has 0 saturated heterocycles. The molecule has 19 heavy (non-hydrogen) atoms. The highest BCUT2D eigenvalue weighted by Crippen LogP contribution is 2.29. The summed E-state index contributed by atoms with van der Waals surface area (Å²) in [5.41, 5.74) is 4.01. The lowest BCUT2D eigenvalue weighted by Crippen LogP contribution is -1.94. The van der Waals surface area contributed by atoms with Crippen molar-refractivity contribution in [2.45, 2.75) is 19.8 Å². The molecule has 96 valence electrons. The number of carbonyl (C=O) groups is 1. The summed E-state index contributed by atoms with van der Waals surface area (Å²) in [6.45, 7) is 2.56. The zero-order valence-electron chi connectivity index (χ0n) is 10.8. The van der Waals surface area contributed by atoms with Gasteiger partial charge in [0.25, 0.3) is 0 Å². The fraction of sp³-hybridized carbons (Fsp3) is 0.250. The molecule has 0 aliphatic heterocycles. The Labute approximate surface area is 112 Å². The van der Waals surface area contributed by atoms with Crippen LogP contribution in [0.4, 0.5) is 0 Å². The predicted octanol–water partition coefficient (Wildman–Crippen LogP) is 3.28. The van der Waals surface area contributed by atoms with E-state index in [1.807, 2.05) is 31.2 Å². The molecule has 1 aliphatic carbocycles. The third kappa shape index (κ3) is 2.24. The van der Waals surface area contributed by atoms with Crippen molar-refractivity contribution >= 4 is 5.78 Å². The maximum atomic E-state index is 11.8. The average molecular weight is 253 g/mol. The van der Waals surface area contributed by atoms with E-state index in [0.29, 0.717) is 13.0 Å². The Hall–Kier alpha value is -2.16. The van der Waals surface area contributed by atoms with Crippen molar-refractivity contribution in [2.75, 3.05) is 6.61 Å². The largest absolute Gasteiger partial charge is 0.492 e. The van der Waals surface area contributed by atoms with E-state index < -0.39 is 0 Å². The number of fused-ring (bicyclic) bond motifs is 1. The molecular weight excluding hydrogens is 238 g/mol. The van der Waals surface area contributed by atoms with Crippen LogP contribution >= 0.6 is 0 Å². The molecule has 3 heteroatoms. The molecule has 0 amide bonds. The lowest BCUT2D eigenvalue weighted by atomic mass is 10.0. The summed E-state index contributed by atoms with van der Waals surface area (Å²) in [4.78, 5) is 16.0. The van der Waals surface area contributed by atoms with E-state index in [4.69, 9.17) is 4.74 Å². The molecule has 0 atom stereocenters. The van der Waals surface area contributed by atoms with Gasteiger partial charge in [0, 0.05) is 23.7 Å². The van der Waals surface area contributed by atoms with Crippen molar-refractivity contribution < 1.29 is 9.53 Å². The first-order valence-corrected chi connectivity index (χ1v) is 6.52. The summed E-state index contributed by atoms with van der Waals surface area (Å²) in [7, 11) is 0. The van der Waals surface area contributed by atoms with Gasteiger partial charge in [0.2, 0.25) is 0 Å². The number of hydrogen-bond donors (Lipinski definition) is 0. The number of rotatable bonds is 3. The summed E-state index contributed by atoms with van der Waals surface area (Å²) < 4.78 is 5.45. The monoisotopic (exact) mass is 253 g/mol. The molecule has 2 aromatic rings. The van der Waals surface area contributed by atoms with E-state index in [2.05, 4.69) is 4.98 Å². The molecule has 0 unspecified atom stereocenters. The molecule has 0 spiro atoms. The van der Waals surface area contributed by atoms with Gasteiger partial charge in [0.1, 0.15) is 5.75 Å². The van der Waals surface area contributed by atoms with E-state index >= 15 is 0 Å². The Morgan fingerprint density at radius 2 is 2.05 bits per heavy atom. The molecule has 1 aliphatic rings. The van der Waals surface area contributed by atoms with E-state index in [1.54, 1.807) is 12.4 Å². The summed E-state index contributed by atoms with van der Waals surface area (Å²) in [5.74, 6) is 0.998. The number of nitrogens with zero attached hydrogens (tertiary/aromatic N) is 1. The van der Waals surface area contributed by atoms with Crippen LogP contribution in [0.15, 0.2) is 36.7 Å². The fourth-order valence-electron chi connectivity index (χ4n) is 2.44. The number of aryl methyl sites for hydroxylation is 1. The molecular formula is C16H15NO2. The number of aromatic nitrogens is 1. The van der Waals surface area contributed by atoms with Crippen LogP contribution in [0.2, 0.25) is 0 Å². The third-order valence-electron chi connectivity index (χ3n) is 3.39. The van der Waals surface area contributed by atoms with Gasteiger partial charge < -0.3 is 4.74 Å². The van der Waals surface area contributed by atoms with Crippen LogP contribution < -0.4 is 4.74 Å². The normalized spacial score (nSPS) is 13.4. The minimum absolute atomic E-state index is 0.241. The summed E-state index contributed by atoms with van der Waals surface area (Å²) in [5, 5.41) is 0. The van der Waals surface area contributed by atoms with Crippen LogP contribution in [0.5, 0.6) is 5.75 Å². The minimum Gasteiger partial charge on any atom is -0.492 e.